The highest BCUT2D eigenvalue weighted by Gasteiger charge is 2.20. The molecule has 100 valence electrons. The van der Waals surface area contributed by atoms with Crippen molar-refractivity contribution in [3.63, 3.8) is 0 Å². The Labute approximate surface area is 100.0 Å². The van der Waals surface area contributed by atoms with E-state index in [0.29, 0.717) is 0 Å². The second kappa shape index (κ2) is 6.23. The van der Waals surface area contributed by atoms with Crippen LogP contribution in [0.3, 0.4) is 0 Å². The predicted octanol–water partition coefficient (Wildman–Crippen LogP) is 2.88. The third-order valence-corrected chi connectivity index (χ3v) is 2.10. The molecule has 0 fully saturated rings. The lowest BCUT2D eigenvalue weighted by Gasteiger charge is -2.08. The van der Waals surface area contributed by atoms with Crippen molar-refractivity contribution in [1.29, 1.82) is 0 Å². The molecule has 0 unspecified atom stereocenters. The molecule has 7 heteroatoms. The normalized spacial score (nSPS) is 10.4. The van der Waals surface area contributed by atoms with Gasteiger partial charge in [0.05, 0.1) is 6.61 Å². The molecule has 0 aliphatic heterocycles. The van der Waals surface area contributed by atoms with E-state index in [9.17, 15) is 22.4 Å². The largest absolute Gasteiger partial charge is 0.487 e. The molecular weight excluding hydrogens is 256 g/mol. The first-order chi connectivity index (χ1) is 8.43. The van der Waals surface area contributed by atoms with E-state index in [2.05, 4.69) is 4.74 Å². The summed E-state index contributed by atoms with van der Waals surface area (Å²) in [6.45, 7) is -0.232. The highest BCUT2D eigenvalue weighted by atomic mass is 19.2. The van der Waals surface area contributed by atoms with Crippen LogP contribution in [0.1, 0.15) is 19.3 Å². The smallest absolute Gasteiger partial charge is 0.303 e. The minimum absolute atomic E-state index is 0.0853. The van der Waals surface area contributed by atoms with Crippen molar-refractivity contribution in [3.05, 3.63) is 29.3 Å². The van der Waals surface area contributed by atoms with E-state index in [1.165, 1.54) is 0 Å². The fourth-order valence-corrected chi connectivity index (χ4v) is 1.23. The van der Waals surface area contributed by atoms with Gasteiger partial charge in [0.2, 0.25) is 11.6 Å². The van der Waals surface area contributed by atoms with Gasteiger partial charge in [-0.05, 0) is 12.8 Å². The van der Waals surface area contributed by atoms with E-state index in [1.54, 1.807) is 0 Å². The molecule has 3 nitrogen and oxygen atoms in total. The molecule has 18 heavy (non-hydrogen) atoms. The zero-order chi connectivity index (χ0) is 13.7. The maximum Gasteiger partial charge on any atom is 0.303 e. The molecule has 0 saturated carbocycles. The van der Waals surface area contributed by atoms with E-state index in [4.69, 9.17) is 5.11 Å². The number of carboxylic acid groups (broad SMARTS) is 1. The maximum absolute atomic E-state index is 13.1. The van der Waals surface area contributed by atoms with E-state index >= 15 is 0 Å². The first-order valence-electron chi connectivity index (χ1n) is 5.11. The van der Waals surface area contributed by atoms with E-state index in [-0.39, 0.29) is 31.9 Å². The Balaban J connectivity index is 2.59. The molecule has 0 radical (unpaired) electrons. The summed E-state index contributed by atoms with van der Waals surface area (Å²) in [4.78, 5) is 10.2. The van der Waals surface area contributed by atoms with Crippen molar-refractivity contribution in [2.75, 3.05) is 6.61 Å². The minimum atomic E-state index is -1.60. The van der Waals surface area contributed by atoms with Crippen LogP contribution in [0, 0.1) is 23.3 Å². The van der Waals surface area contributed by atoms with Gasteiger partial charge in [-0.2, -0.15) is 8.78 Å². The molecule has 1 aromatic rings. The Hall–Kier alpha value is -1.79. The Kier molecular flexibility index (Phi) is 4.94. The molecule has 1 aromatic carbocycles. The SMILES string of the molecule is O=C(O)CCCCOc1c(F)c(F)cc(F)c1F. The molecule has 0 spiro atoms. The summed E-state index contributed by atoms with van der Waals surface area (Å²) in [6, 6.07) is 0.0853. The number of unbranched alkanes of at least 4 members (excludes halogenated alkanes) is 1. The fourth-order valence-electron chi connectivity index (χ4n) is 1.23. The quantitative estimate of drug-likeness (QED) is 0.489. The molecule has 1 rings (SSSR count). The Bertz CT molecular complexity index is 422. The van der Waals surface area contributed by atoms with Crippen molar-refractivity contribution >= 4 is 5.97 Å². The van der Waals surface area contributed by atoms with Crippen molar-refractivity contribution in [2.45, 2.75) is 19.3 Å². The van der Waals surface area contributed by atoms with Gasteiger partial charge in [-0.25, -0.2) is 8.78 Å². The number of halogens is 4. The van der Waals surface area contributed by atoms with Crippen LogP contribution in [0.2, 0.25) is 0 Å². The maximum atomic E-state index is 13.1. The summed E-state index contributed by atoms with van der Waals surface area (Å²) >= 11 is 0. The lowest BCUT2D eigenvalue weighted by Crippen LogP contribution is -2.05. The van der Waals surface area contributed by atoms with Gasteiger partial charge in [0, 0.05) is 12.5 Å². The number of carbonyl (C=O) groups is 1. The van der Waals surface area contributed by atoms with Crippen LogP contribution in [0.15, 0.2) is 6.07 Å². The summed E-state index contributed by atoms with van der Waals surface area (Å²) < 4.78 is 56.3. The van der Waals surface area contributed by atoms with Crippen LogP contribution in [-0.4, -0.2) is 17.7 Å². The van der Waals surface area contributed by atoms with Crippen molar-refractivity contribution in [1.82, 2.24) is 0 Å². The molecule has 0 amide bonds. The number of hydrogen-bond donors (Lipinski definition) is 1. The van der Waals surface area contributed by atoms with Crippen LogP contribution in [-0.2, 0) is 4.79 Å². The monoisotopic (exact) mass is 266 g/mol. The summed E-state index contributed by atoms with van der Waals surface area (Å²) in [7, 11) is 0. The third-order valence-electron chi connectivity index (χ3n) is 2.10. The van der Waals surface area contributed by atoms with Crippen molar-refractivity contribution in [2.24, 2.45) is 0 Å². The van der Waals surface area contributed by atoms with Gasteiger partial charge in [-0.1, -0.05) is 0 Å². The zero-order valence-corrected chi connectivity index (χ0v) is 9.18. The average molecular weight is 266 g/mol. The van der Waals surface area contributed by atoms with Gasteiger partial charge < -0.3 is 9.84 Å². The summed E-state index contributed by atoms with van der Waals surface area (Å²) in [5.74, 6) is -8.44. The standard InChI is InChI=1S/C11H10F4O3/c12-6-5-7(13)10(15)11(9(6)14)18-4-2-1-3-8(16)17/h5H,1-4H2,(H,16,17). The summed E-state index contributed by atoms with van der Waals surface area (Å²) in [5.41, 5.74) is 0. The molecular formula is C11H10F4O3. The van der Waals surface area contributed by atoms with E-state index < -0.39 is 35.0 Å². The first-order valence-corrected chi connectivity index (χ1v) is 5.11. The lowest BCUT2D eigenvalue weighted by atomic mass is 10.2. The number of ether oxygens (including phenoxy) is 1. The molecule has 1 N–H and O–H groups in total. The third kappa shape index (κ3) is 3.61. The molecule has 0 aromatic heterocycles. The molecule has 0 saturated heterocycles. The highest BCUT2D eigenvalue weighted by molar-refractivity contribution is 5.66. The summed E-state index contributed by atoms with van der Waals surface area (Å²) in [6.07, 6.45) is 0.311. The predicted molar refractivity (Wildman–Crippen MR) is 53.3 cm³/mol. The minimum Gasteiger partial charge on any atom is -0.487 e. The highest BCUT2D eigenvalue weighted by Crippen LogP contribution is 2.26. The average Bonchev–Trinajstić information content (AvgIpc) is 2.30. The fraction of sp³-hybridized carbons (Fsp3) is 0.364. The van der Waals surface area contributed by atoms with Gasteiger partial charge in [0.25, 0.3) is 0 Å². The Morgan fingerprint density at radius 3 is 2.17 bits per heavy atom. The number of rotatable bonds is 6. The van der Waals surface area contributed by atoms with Gasteiger partial charge in [0.1, 0.15) is 0 Å². The van der Waals surface area contributed by atoms with Gasteiger partial charge >= 0.3 is 5.97 Å². The lowest BCUT2D eigenvalue weighted by molar-refractivity contribution is -0.137. The second-order valence-electron chi connectivity index (χ2n) is 3.50. The van der Waals surface area contributed by atoms with E-state index in [1.807, 2.05) is 0 Å². The van der Waals surface area contributed by atoms with Gasteiger partial charge in [0.15, 0.2) is 17.4 Å². The van der Waals surface area contributed by atoms with Crippen LogP contribution in [0.5, 0.6) is 5.75 Å². The summed E-state index contributed by atoms with van der Waals surface area (Å²) in [5, 5.41) is 8.33. The molecule has 0 atom stereocenters. The molecule has 0 aliphatic rings. The zero-order valence-electron chi connectivity index (χ0n) is 9.18. The van der Waals surface area contributed by atoms with E-state index in [0.717, 1.165) is 0 Å². The Morgan fingerprint density at radius 1 is 1.11 bits per heavy atom. The van der Waals surface area contributed by atoms with Crippen LogP contribution >= 0.6 is 0 Å². The Morgan fingerprint density at radius 2 is 1.67 bits per heavy atom. The van der Waals surface area contributed by atoms with Crippen LogP contribution in [0.4, 0.5) is 17.6 Å². The van der Waals surface area contributed by atoms with Crippen molar-refractivity contribution in [3.8, 4) is 5.75 Å². The van der Waals surface area contributed by atoms with Crippen molar-refractivity contribution < 1.29 is 32.2 Å². The number of carboxylic acids is 1. The topological polar surface area (TPSA) is 46.5 Å². The molecule has 0 aliphatic carbocycles. The van der Waals surface area contributed by atoms with Crippen LogP contribution in [0.25, 0.3) is 0 Å². The number of benzene rings is 1. The van der Waals surface area contributed by atoms with Gasteiger partial charge in [-0.15, -0.1) is 0 Å². The van der Waals surface area contributed by atoms with Gasteiger partial charge in [-0.3, -0.25) is 4.79 Å². The molecule has 0 heterocycles. The van der Waals surface area contributed by atoms with Crippen LogP contribution < -0.4 is 4.74 Å². The number of aliphatic carboxylic acids is 1. The number of hydrogen-bond acceptors (Lipinski definition) is 2. The molecule has 0 bridgehead atoms. The second-order valence-corrected chi connectivity index (χ2v) is 3.50. The first kappa shape index (κ1) is 14.3.